The molecule has 1 aromatic heterocycles. The van der Waals surface area contributed by atoms with Crippen molar-refractivity contribution in [2.45, 2.75) is 24.3 Å². The number of nitrogens with zero attached hydrogens (tertiary/aromatic N) is 1. The highest BCUT2D eigenvalue weighted by molar-refractivity contribution is 7.89. The van der Waals surface area contributed by atoms with Gasteiger partial charge in [-0.15, -0.1) is 0 Å². The fourth-order valence-electron chi connectivity index (χ4n) is 2.31. The zero-order valence-electron chi connectivity index (χ0n) is 15.3. The van der Waals surface area contributed by atoms with Crippen molar-refractivity contribution in [1.82, 2.24) is 10.6 Å². The van der Waals surface area contributed by atoms with Crippen LogP contribution < -0.4 is 15.8 Å². The second-order valence-corrected chi connectivity index (χ2v) is 7.44. The Morgan fingerprint density at radius 2 is 1.93 bits per heavy atom. The van der Waals surface area contributed by atoms with E-state index in [2.05, 4.69) is 15.6 Å². The van der Waals surface area contributed by atoms with Crippen molar-refractivity contribution in [3.8, 4) is 0 Å². The summed E-state index contributed by atoms with van der Waals surface area (Å²) >= 11 is 0. The molecule has 0 saturated heterocycles. The summed E-state index contributed by atoms with van der Waals surface area (Å²) in [6.45, 7) is 2.48. The number of furan rings is 1. The van der Waals surface area contributed by atoms with E-state index in [-0.39, 0.29) is 4.90 Å². The molecule has 1 aromatic carbocycles. The highest BCUT2D eigenvalue weighted by atomic mass is 32.2. The Labute approximate surface area is 159 Å². The van der Waals surface area contributed by atoms with Crippen LogP contribution in [-0.2, 0) is 27.7 Å². The average Bonchev–Trinajstić information content (AvgIpc) is 3.15. The Morgan fingerprint density at radius 3 is 2.56 bits per heavy atom. The number of ether oxygens (including phenoxy) is 1. The van der Waals surface area contributed by atoms with E-state index in [1.807, 2.05) is 12.1 Å². The van der Waals surface area contributed by atoms with Crippen LogP contribution >= 0.6 is 0 Å². The summed E-state index contributed by atoms with van der Waals surface area (Å²) in [5, 5.41) is 11.6. The highest BCUT2D eigenvalue weighted by Gasteiger charge is 2.06. The summed E-state index contributed by atoms with van der Waals surface area (Å²) in [6.07, 6.45) is 3.26. The van der Waals surface area contributed by atoms with Crippen molar-refractivity contribution in [2.75, 3.05) is 26.8 Å². The predicted molar refractivity (Wildman–Crippen MR) is 104 cm³/mol. The normalized spacial score (nSPS) is 12.1. The maximum atomic E-state index is 11.3. The van der Waals surface area contributed by atoms with Crippen LogP contribution in [0.25, 0.3) is 0 Å². The molecule has 27 heavy (non-hydrogen) atoms. The van der Waals surface area contributed by atoms with Gasteiger partial charge in [-0.2, -0.15) is 0 Å². The fourth-order valence-corrected chi connectivity index (χ4v) is 2.83. The minimum atomic E-state index is -3.68. The molecule has 2 rings (SSSR count). The van der Waals surface area contributed by atoms with Crippen molar-refractivity contribution >= 4 is 16.0 Å². The molecule has 0 bridgehead atoms. The minimum absolute atomic E-state index is 0.0877. The molecule has 148 valence electrons. The van der Waals surface area contributed by atoms with E-state index in [0.717, 1.165) is 30.7 Å². The van der Waals surface area contributed by atoms with E-state index in [9.17, 15) is 8.42 Å². The molecule has 0 atom stereocenters. The second kappa shape index (κ2) is 10.7. The summed E-state index contributed by atoms with van der Waals surface area (Å²) in [4.78, 5) is 4.63. The number of nitrogens with two attached hydrogens (primary N) is 1. The maximum absolute atomic E-state index is 11.3. The fraction of sp³-hybridized carbons (Fsp3) is 0.389. The van der Waals surface area contributed by atoms with Gasteiger partial charge in [0.15, 0.2) is 5.96 Å². The first kappa shape index (κ1) is 20.9. The van der Waals surface area contributed by atoms with Gasteiger partial charge in [-0.3, -0.25) is 0 Å². The second-order valence-electron chi connectivity index (χ2n) is 5.88. The van der Waals surface area contributed by atoms with Crippen LogP contribution in [0.3, 0.4) is 0 Å². The lowest BCUT2D eigenvalue weighted by Crippen LogP contribution is -2.39. The van der Waals surface area contributed by atoms with Gasteiger partial charge >= 0.3 is 0 Å². The number of hydrogen-bond acceptors (Lipinski definition) is 5. The van der Waals surface area contributed by atoms with E-state index in [4.69, 9.17) is 14.3 Å². The lowest BCUT2D eigenvalue weighted by molar-refractivity contribution is 0.195. The summed E-state index contributed by atoms with van der Waals surface area (Å²) in [6, 6.07) is 10.2. The number of primary sulfonamides is 1. The van der Waals surface area contributed by atoms with Crippen LogP contribution in [0.5, 0.6) is 0 Å². The molecule has 9 heteroatoms. The molecule has 2 aromatic rings. The van der Waals surface area contributed by atoms with Gasteiger partial charge in [0, 0.05) is 33.2 Å². The van der Waals surface area contributed by atoms with Gasteiger partial charge in [0.25, 0.3) is 0 Å². The van der Waals surface area contributed by atoms with E-state index >= 15 is 0 Å². The van der Waals surface area contributed by atoms with Crippen LogP contribution in [0.4, 0.5) is 0 Å². The van der Waals surface area contributed by atoms with Crippen molar-refractivity contribution in [1.29, 1.82) is 0 Å². The third-order valence-electron chi connectivity index (χ3n) is 3.73. The molecule has 0 aliphatic heterocycles. The monoisotopic (exact) mass is 394 g/mol. The van der Waals surface area contributed by atoms with Gasteiger partial charge in [0.05, 0.1) is 17.7 Å². The van der Waals surface area contributed by atoms with Gasteiger partial charge in [-0.05, 0) is 36.2 Å². The first-order valence-corrected chi connectivity index (χ1v) is 10.2. The number of benzene rings is 1. The molecular weight excluding hydrogens is 368 g/mol. The number of aliphatic imine (C=N–C) groups is 1. The molecule has 0 spiro atoms. The molecule has 0 unspecified atom stereocenters. The Kier molecular flexibility index (Phi) is 8.31. The van der Waals surface area contributed by atoms with Gasteiger partial charge < -0.3 is 19.8 Å². The topological polar surface area (TPSA) is 119 Å². The summed E-state index contributed by atoms with van der Waals surface area (Å²) in [7, 11) is -2.01. The van der Waals surface area contributed by atoms with Crippen LogP contribution in [0.1, 0.15) is 17.7 Å². The SMILES string of the molecule is COCCCNC(=NCc1ccc(S(N)(=O)=O)cc1)NCCc1ccco1. The van der Waals surface area contributed by atoms with Crippen LogP contribution in [0, 0.1) is 0 Å². The minimum Gasteiger partial charge on any atom is -0.469 e. The summed E-state index contributed by atoms with van der Waals surface area (Å²) in [5.41, 5.74) is 0.881. The van der Waals surface area contributed by atoms with Gasteiger partial charge in [0.1, 0.15) is 5.76 Å². The molecule has 4 N–H and O–H groups in total. The Bertz CT molecular complexity index is 802. The van der Waals surface area contributed by atoms with Gasteiger partial charge in [0.2, 0.25) is 10.0 Å². The lowest BCUT2D eigenvalue weighted by Gasteiger charge is -2.12. The molecule has 0 aliphatic carbocycles. The predicted octanol–water partition coefficient (Wildman–Crippen LogP) is 1.24. The molecule has 1 heterocycles. The molecule has 0 aliphatic rings. The highest BCUT2D eigenvalue weighted by Crippen LogP contribution is 2.09. The zero-order valence-corrected chi connectivity index (χ0v) is 16.2. The third-order valence-corrected chi connectivity index (χ3v) is 4.66. The van der Waals surface area contributed by atoms with Crippen LogP contribution in [0.15, 0.2) is 57.0 Å². The number of rotatable bonds is 10. The van der Waals surface area contributed by atoms with Crippen molar-refractivity contribution < 1.29 is 17.6 Å². The van der Waals surface area contributed by atoms with Crippen molar-refractivity contribution in [3.63, 3.8) is 0 Å². The van der Waals surface area contributed by atoms with Gasteiger partial charge in [-0.1, -0.05) is 12.1 Å². The molecule has 0 saturated carbocycles. The quantitative estimate of drug-likeness (QED) is 0.317. The van der Waals surface area contributed by atoms with Gasteiger partial charge in [-0.25, -0.2) is 18.5 Å². The molecule has 0 fully saturated rings. The zero-order chi connectivity index (χ0) is 19.5. The van der Waals surface area contributed by atoms with Crippen molar-refractivity contribution in [2.24, 2.45) is 10.1 Å². The third kappa shape index (κ3) is 7.81. The number of methoxy groups -OCH3 is 1. The van der Waals surface area contributed by atoms with E-state index in [1.165, 1.54) is 12.1 Å². The number of nitrogens with one attached hydrogen (secondary N) is 2. The van der Waals surface area contributed by atoms with Crippen LogP contribution in [0.2, 0.25) is 0 Å². The lowest BCUT2D eigenvalue weighted by atomic mass is 10.2. The van der Waals surface area contributed by atoms with Crippen molar-refractivity contribution in [3.05, 3.63) is 54.0 Å². The molecule has 0 radical (unpaired) electrons. The summed E-state index contributed by atoms with van der Waals surface area (Å²) in [5.74, 6) is 1.58. The smallest absolute Gasteiger partial charge is 0.238 e. The largest absolute Gasteiger partial charge is 0.469 e. The van der Waals surface area contributed by atoms with Crippen LogP contribution in [-0.4, -0.2) is 41.2 Å². The number of guanidine groups is 1. The van der Waals surface area contributed by atoms with E-state index in [0.29, 0.717) is 25.7 Å². The Morgan fingerprint density at radius 1 is 1.19 bits per heavy atom. The number of sulfonamides is 1. The molecular formula is C18H26N4O4S. The van der Waals surface area contributed by atoms with E-state index in [1.54, 1.807) is 25.5 Å². The Hall–Kier alpha value is -2.36. The first-order valence-electron chi connectivity index (χ1n) is 8.64. The molecule has 8 nitrogen and oxygen atoms in total. The standard InChI is InChI=1S/C18H26N4O4S/c1-25-12-3-10-20-18(21-11-9-16-4-2-13-26-16)22-14-15-5-7-17(8-6-15)27(19,23)24/h2,4-8,13H,3,9-12,14H2,1H3,(H2,19,23,24)(H2,20,21,22). The first-order chi connectivity index (χ1) is 13.0. The average molecular weight is 394 g/mol. The Balaban J connectivity index is 1.93. The summed E-state index contributed by atoms with van der Waals surface area (Å²) < 4.78 is 33.0. The molecule has 0 amide bonds. The van der Waals surface area contributed by atoms with E-state index < -0.39 is 10.0 Å². The number of hydrogen-bond donors (Lipinski definition) is 3. The maximum Gasteiger partial charge on any atom is 0.238 e.